The van der Waals surface area contributed by atoms with Crippen LogP contribution in [0.15, 0.2) is 29.2 Å². The summed E-state index contributed by atoms with van der Waals surface area (Å²) in [7, 11) is -3.76. The third-order valence-electron chi connectivity index (χ3n) is 4.21. The van der Waals surface area contributed by atoms with E-state index in [4.69, 9.17) is 37.3 Å². The molecule has 1 rings (SSSR count). The summed E-state index contributed by atoms with van der Waals surface area (Å²) < 4.78 is 66.4. The van der Waals surface area contributed by atoms with Gasteiger partial charge in [0.05, 0.1) is 97.4 Å². The van der Waals surface area contributed by atoms with Crippen LogP contribution >= 0.6 is 0 Å². The Morgan fingerprint density at radius 3 is 1.21 bits per heavy atom. The van der Waals surface area contributed by atoms with Gasteiger partial charge < -0.3 is 33.2 Å². The number of hydrogen-bond acceptors (Lipinski definition) is 10. The van der Waals surface area contributed by atoms with Crippen LogP contribution in [0.4, 0.5) is 0 Å². The Labute approximate surface area is 203 Å². The monoisotopic (exact) mass is 508 g/mol. The van der Waals surface area contributed by atoms with Gasteiger partial charge in [-0.25, -0.2) is 0 Å². The molecule has 0 aliphatic carbocycles. The van der Waals surface area contributed by atoms with Crippen molar-refractivity contribution in [3.63, 3.8) is 0 Å². The number of aryl methyl sites for hydroxylation is 1. The largest absolute Gasteiger partial charge is 0.379 e. The number of benzene rings is 1. The van der Waals surface area contributed by atoms with Crippen molar-refractivity contribution >= 4 is 10.1 Å². The van der Waals surface area contributed by atoms with E-state index in [1.54, 1.807) is 12.1 Å². The van der Waals surface area contributed by atoms with Crippen LogP contribution in [0.2, 0.25) is 0 Å². The minimum atomic E-state index is -3.76. The molecule has 0 heterocycles. The SMILES string of the molecule is CCOCCOCCOCCOCCOCCOCCOCCOS(=O)(=O)c1ccc(C)cc1. The Morgan fingerprint density at radius 2 is 0.853 bits per heavy atom. The highest BCUT2D eigenvalue weighted by Gasteiger charge is 2.14. The Bertz CT molecular complexity index is 681. The molecule has 0 amide bonds. The first-order valence-electron chi connectivity index (χ1n) is 11.6. The van der Waals surface area contributed by atoms with Gasteiger partial charge in [0.1, 0.15) is 0 Å². The predicted molar refractivity (Wildman–Crippen MR) is 126 cm³/mol. The third kappa shape index (κ3) is 17.3. The lowest BCUT2D eigenvalue weighted by Crippen LogP contribution is -2.15. The van der Waals surface area contributed by atoms with Gasteiger partial charge >= 0.3 is 0 Å². The summed E-state index contributed by atoms with van der Waals surface area (Å²) in [6.07, 6.45) is 0. The highest BCUT2D eigenvalue weighted by Crippen LogP contribution is 2.12. The summed E-state index contributed by atoms with van der Waals surface area (Å²) in [5.41, 5.74) is 0.980. The minimum Gasteiger partial charge on any atom is -0.379 e. The van der Waals surface area contributed by atoms with Crippen molar-refractivity contribution in [2.75, 3.05) is 99.1 Å². The van der Waals surface area contributed by atoms with Crippen molar-refractivity contribution < 1.29 is 45.8 Å². The van der Waals surface area contributed by atoms with E-state index in [1.807, 2.05) is 13.8 Å². The second-order valence-electron chi connectivity index (χ2n) is 6.96. The van der Waals surface area contributed by atoms with Crippen molar-refractivity contribution in [1.29, 1.82) is 0 Å². The molecule has 10 nitrogen and oxygen atoms in total. The van der Waals surface area contributed by atoms with Crippen LogP contribution in [0.25, 0.3) is 0 Å². The molecule has 0 unspecified atom stereocenters. The molecule has 0 N–H and O–H groups in total. The summed E-state index contributed by atoms with van der Waals surface area (Å²) in [4.78, 5) is 0.134. The van der Waals surface area contributed by atoms with Crippen molar-refractivity contribution in [1.82, 2.24) is 0 Å². The quantitative estimate of drug-likeness (QED) is 0.152. The lowest BCUT2D eigenvalue weighted by atomic mass is 10.2. The van der Waals surface area contributed by atoms with Gasteiger partial charge in [-0.15, -0.1) is 0 Å². The number of ether oxygens (including phenoxy) is 7. The van der Waals surface area contributed by atoms with Crippen LogP contribution in [0.3, 0.4) is 0 Å². The summed E-state index contributed by atoms with van der Waals surface area (Å²) >= 11 is 0. The fourth-order valence-corrected chi connectivity index (χ4v) is 3.33. The van der Waals surface area contributed by atoms with E-state index >= 15 is 0 Å². The maximum Gasteiger partial charge on any atom is 0.297 e. The summed E-state index contributed by atoms with van der Waals surface area (Å²) in [5.74, 6) is 0. The molecule has 0 spiro atoms. The zero-order chi connectivity index (χ0) is 24.7. The second-order valence-corrected chi connectivity index (χ2v) is 8.58. The smallest absolute Gasteiger partial charge is 0.297 e. The van der Waals surface area contributed by atoms with Crippen LogP contribution in [0.5, 0.6) is 0 Å². The summed E-state index contributed by atoms with van der Waals surface area (Å²) in [5, 5.41) is 0. The van der Waals surface area contributed by atoms with E-state index in [-0.39, 0.29) is 18.1 Å². The molecule has 0 atom stereocenters. The van der Waals surface area contributed by atoms with E-state index in [0.717, 1.165) is 5.56 Å². The van der Waals surface area contributed by atoms with Crippen LogP contribution in [-0.2, 0) is 47.5 Å². The van der Waals surface area contributed by atoms with Gasteiger partial charge in [-0.3, -0.25) is 4.18 Å². The average molecular weight is 509 g/mol. The van der Waals surface area contributed by atoms with Gasteiger partial charge in [0, 0.05) is 6.61 Å². The maximum absolute atomic E-state index is 12.0. The molecule has 0 saturated heterocycles. The Kier molecular flexibility index (Phi) is 19.2. The molecule has 34 heavy (non-hydrogen) atoms. The summed E-state index contributed by atoms with van der Waals surface area (Å²) in [6.45, 7) is 10.5. The molecule has 198 valence electrons. The molecule has 0 aliphatic rings. The molecular weight excluding hydrogens is 468 g/mol. The van der Waals surface area contributed by atoms with Crippen molar-refractivity contribution in [3.05, 3.63) is 29.8 Å². The molecule has 0 fully saturated rings. The Balaban J connectivity index is 1.78. The second kappa shape index (κ2) is 21.2. The van der Waals surface area contributed by atoms with E-state index < -0.39 is 10.1 Å². The van der Waals surface area contributed by atoms with Gasteiger partial charge in [0.15, 0.2) is 0 Å². The molecular formula is C23H40O10S. The van der Waals surface area contributed by atoms with Crippen molar-refractivity contribution in [2.45, 2.75) is 18.7 Å². The molecule has 1 aromatic carbocycles. The molecule has 0 saturated carbocycles. The van der Waals surface area contributed by atoms with Gasteiger partial charge in [0.25, 0.3) is 10.1 Å². The van der Waals surface area contributed by atoms with Gasteiger partial charge in [-0.1, -0.05) is 17.7 Å². The maximum atomic E-state index is 12.0. The van der Waals surface area contributed by atoms with Crippen LogP contribution in [0, 0.1) is 6.92 Å². The predicted octanol–water partition coefficient (Wildman–Crippen LogP) is 1.84. The third-order valence-corrected chi connectivity index (χ3v) is 5.54. The zero-order valence-corrected chi connectivity index (χ0v) is 21.2. The summed E-state index contributed by atoms with van der Waals surface area (Å²) in [6, 6.07) is 6.49. The number of rotatable bonds is 24. The Morgan fingerprint density at radius 1 is 0.529 bits per heavy atom. The minimum absolute atomic E-state index is 0.0490. The Hall–Kier alpha value is -1.15. The molecule has 0 radical (unpaired) electrons. The van der Waals surface area contributed by atoms with Crippen LogP contribution < -0.4 is 0 Å². The normalized spacial score (nSPS) is 11.8. The highest BCUT2D eigenvalue weighted by atomic mass is 32.2. The van der Waals surface area contributed by atoms with Gasteiger partial charge in [-0.05, 0) is 26.0 Å². The highest BCUT2D eigenvalue weighted by molar-refractivity contribution is 7.86. The first-order valence-corrected chi connectivity index (χ1v) is 13.0. The van der Waals surface area contributed by atoms with Crippen molar-refractivity contribution in [3.8, 4) is 0 Å². The van der Waals surface area contributed by atoms with E-state index in [1.165, 1.54) is 12.1 Å². The van der Waals surface area contributed by atoms with E-state index in [0.29, 0.717) is 85.9 Å². The first-order chi connectivity index (χ1) is 16.6. The lowest BCUT2D eigenvalue weighted by molar-refractivity contribution is -0.0208. The average Bonchev–Trinajstić information content (AvgIpc) is 2.82. The van der Waals surface area contributed by atoms with Gasteiger partial charge in [-0.2, -0.15) is 8.42 Å². The molecule has 11 heteroatoms. The molecule has 0 bridgehead atoms. The van der Waals surface area contributed by atoms with E-state index in [9.17, 15) is 8.42 Å². The topological polar surface area (TPSA) is 108 Å². The lowest BCUT2D eigenvalue weighted by Gasteiger charge is -2.09. The van der Waals surface area contributed by atoms with Gasteiger partial charge in [0.2, 0.25) is 0 Å². The first kappa shape index (κ1) is 30.9. The molecule has 1 aromatic rings. The number of hydrogen-bond donors (Lipinski definition) is 0. The van der Waals surface area contributed by atoms with Crippen molar-refractivity contribution in [2.24, 2.45) is 0 Å². The standard InChI is InChI=1S/C23H40O10S/c1-3-26-8-9-27-10-11-28-12-13-29-14-15-30-16-17-31-18-19-32-20-21-33-34(24,25)23-6-4-22(2)5-7-23/h4-7H,3,8-21H2,1-2H3. The van der Waals surface area contributed by atoms with E-state index in [2.05, 4.69) is 0 Å². The molecule has 0 aromatic heterocycles. The fraction of sp³-hybridized carbons (Fsp3) is 0.739. The molecule has 0 aliphatic heterocycles. The van der Waals surface area contributed by atoms with Crippen LogP contribution in [-0.4, -0.2) is 108 Å². The zero-order valence-electron chi connectivity index (χ0n) is 20.4. The fourth-order valence-electron chi connectivity index (χ4n) is 2.44. The van der Waals surface area contributed by atoms with Crippen LogP contribution in [0.1, 0.15) is 12.5 Å².